The van der Waals surface area contributed by atoms with Crippen LogP contribution in [0, 0.1) is 6.92 Å². The molecule has 7 rings (SSSR count). The lowest BCUT2D eigenvalue weighted by Crippen LogP contribution is -2.11. The second kappa shape index (κ2) is 9.94. The summed E-state index contributed by atoms with van der Waals surface area (Å²) in [6.07, 6.45) is 18.8. The molecule has 2 heteroatoms. The number of allylic oxidation sites excluding steroid dienone is 7. The Morgan fingerprint density at radius 2 is 1.49 bits per heavy atom. The number of hydrogen-bond acceptors (Lipinski definition) is 0. The molecule has 0 aliphatic heterocycles. The van der Waals surface area contributed by atoms with Crippen LogP contribution in [0.4, 0.5) is 0 Å². The highest BCUT2D eigenvalue weighted by atomic mass is 32.3. The van der Waals surface area contributed by atoms with E-state index in [0.29, 0.717) is 0 Å². The lowest BCUT2D eigenvalue weighted by Gasteiger charge is -2.46. The van der Waals surface area contributed by atoms with Gasteiger partial charge >= 0.3 is 0 Å². The van der Waals surface area contributed by atoms with Gasteiger partial charge in [-0.1, -0.05) is 91.1 Å². The SMILES string of the molecule is Cc1ccccc1S(C1=CCCC=C1)(C1=CC=CCC1)c1ccc2c(c1)c1ccccc1n2-c1ccccc1. The first-order valence-electron chi connectivity index (χ1n) is 14.0. The molecule has 4 aromatic carbocycles. The van der Waals surface area contributed by atoms with Crippen molar-refractivity contribution in [1.29, 1.82) is 0 Å². The van der Waals surface area contributed by atoms with E-state index in [2.05, 4.69) is 145 Å². The Balaban J connectivity index is 1.59. The largest absolute Gasteiger partial charge is 0.309 e. The van der Waals surface area contributed by atoms with Crippen LogP contribution in [0.5, 0.6) is 0 Å². The Hall–Kier alpha value is -4.01. The fourth-order valence-electron chi connectivity index (χ4n) is 6.38. The fourth-order valence-corrected chi connectivity index (χ4v) is 10.8. The van der Waals surface area contributed by atoms with Crippen LogP contribution in [-0.2, 0) is 0 Å². The maximum absolute atomic E-state index is 2.53. The highest BCUT2D eigenvalue weighted by Crippen LogP contribution is 2.75. The van der Waals surface area contributed by atoms with Gasteiger partial charge in [-0.2, -0.15) is 0 Å². The normalized spacial score (nSPS) is 17.6. The number of fused-ring (bicyclic) bond motifs is 3. The Morgan fingerprint density at radius 3 is 2.28 bits per heavy atom. The van der Waals surface area contributed by atoms with Crippen molar-refractivity contribution >= 4 is 31.8 Å². The predicted octanol–water partition coefficient (Wildman–Crippen LogP) is 10.8. The molecule has 0 saturated heterocycles. The van der Waals surface area contributed by atoms with Gasteiger partial charge in [0.2, 0.25) is 0 Å². The summed E-state index contributed by atoms with van der Waals surface area (Å²) in [7, 11) is -1.63. The van der Waals surface area contributed by atoms with Gasteiger partial charge in [-0.3, -0.25) is 0 Å². The molecule has 192 valence electrons. The Morgan fingerprint density at radius 1 is 0.692 bits per heavy atom. The lowest BCUT2D eigenvalue weighted by atomic mass is 10.1. The third kappa shape index (κ3) is 3.85. The second-order valence-electron chi connectivity index (χ2n) is 10.4. The first kappa shape index (κ1) is 24.1. The number of aromatic nitrogens is 1. The van der Waals surface area contributed by atoms with E-state index in [1.807, 2.05) is 0 Å². The number of rotatable bonds is 5. The van der Waals surface area contributed by atoms with Gasteiger partial charge in [-0.25, -0.2) is 0 Å². The van der Waals surface area contributed by atoms with E-state index in [9.17, 15) is 0 Å². The fraction of sp³-hybridized carbons (Fsp3) is 0.135. The van der Waals surface area contributed by atoms with Crippen molar-refractivity contribution < 1.29 is 0 Å². The summed E-state index contributed by atoms with van der Waals surface area (Å²) in [5, 5.41) is 2.63. The predicted molar refractivity (Wildman–Crippen MR) is 169 cm³/mol. The molecular weight excluding hydrogens is 490 g/mol. The quantitative estimate of drug-likeness (QED) is 0.216. The first-order chi connectivity index (χ1) is 19.3. The maximum Gasteiger partial charge on any atom is 0.0541 e. The second-order valence-corrected chi connectivity index (χ2v) is 13.6. The third-order valence-corrected chi connectivity index (χ3v) is 12.3. The molecule has 5 aromatic rings. The van der Waals surface area contributed by atoms with Gasteiger partial charge in [0.05, 0.1) is 11.0 Å². The third-order valence-electron chi connectivity index (χ3n) is 8.12. The molecule has 0 saturated carbocycles. The van der Waals surface area contributed by atoms with Crippen molar-refractivity contribution in [2.75, 3.05) is 0 Å². The van der Waals surface area contributed by atoms with E-state index in [4.69, 9.17) is 0 Å². The number of benzene rings is 4. The van der Waals surface area contributed by atoms with E-state index in [1.165, 1.54) is 47.8 Å². The van der Waals surface area contributed by atoms with Crippen LogP contribution in [0.3, 0.4) is 0 Å². The molecule has 0 fully saturated rings. The molecular formula is C37H33NS. The molecule has 0 bridgehead atoms. The maximum atomic E-state index is 2.53. The number of hydrogen-bond donors (Lipinski definition) is 0. The number of nitrogens with zero attached hydrogens (tertiary/aromatic N) is 1. The molecule has 2 aliphatic rings. The summed E-state index contributed by atoms with van der Waals surface area (Å²) in [6, 6.07) is 36.1. The van der Waals surface area contributed by atoms with Crippen LogP contribution in [0.1, 0.15) is 31.2 Å². The number of aryl methyl sites for hydroxylation is 1. The molecule has 1 unspecified atom stereocenters. The first-order valence-corrected chi connectivity index (χ1v) is 15.6. The molecule has 1 nitrogen and oxygen atoms in total. The highest BCUT2D eigenvalue weighted by Gasteiger charge is 2.37. The zero-order chi connectivity index (χ0) is 26.2. The summed E-state index contributed by atoms with van der Waals surface area (Å²) in [5.41, 5.74) is 5.08. The van der Waals surface area contributed by atoms with Gasteiger partial charge in [0.1, 0.15) is 0 Å². The molecule has 0 spiro atoms. The van der Waals surface area contributed by atoms with Gasteiger partial charge in [-0.05, 0) is 90.4 Å². The van der Waals surface area contributed by atoms with E-state index in [-0.39, 0.29) is 0 Å². The van der Waals surface area contributed by atoms with Crippen molar-refractivity contribution in [2.45, 2.75) is 42.4 Å². The van der Waals surface area contributed by atoms with Crippen LogP contribution in [0.2, 0.25) is 0 Å². The minimum absolute atomic E-state index is 1.09. The van der Waals surface area contributed by atoms with Crippen molar-refractivity contribution in [3.8, 4) is 5.69 Å². The van der Waals surface area contributed by atoms with Gasteiger partial charge in [0.25, 0.3) is 0 Å². The molecule has 0 amide bonds. The van der Waals surface area contributed by atoms with Crippen LogP contribution in [0.25, 0.3) is 27.5 Å². The van der Waals surface area contributed by atoms with Crippen LogP contribution in [0.15, 0.2) is 153 Å². The van der Waals surface area contributed by atoms with Crippen molar-refractivity contribution in [3.05, 3.63) is 149 Å². The van der Waals surface area contributed by atoms with Crippen LogP contribution >= 0.6 is 10.0 Å². The number of para-hydroxylation sites is 2. The minimum atomic E-state index is -1.63. The van der Waals surface area contributed by atoms with E-state index in [0.717, 1.165) is 25.7 Å². The monoisotopic (exact) mass is 523 g/mol. The summed E-state index contributed by atoms with van der Waals surface area (Å²) >= 11 is 0. The Labute approximate surface area is 232 Å². The van der Waals surface area contributed by atoms with Crippen molar-refractivity contribution in [3.63, 3.8) is 0 Å². The summed E-state index contributed by atoms with van der Waals surface area (Å²) in [5.74, 6) is 0. The average molecular weight is 524 g/mol. The summed E-state index contributed by atoms with van der Waals surface area (Å²) in [6.45, 7) is 2.29. The van der Waals surface area contributed by atoms with Crippen molar-refractivity contribution in [1.82, 2.24) is 4.57 Å². The highest BCUT2D eigenvalue weighted by molar-refractivity contribution is 8.40. The molecule has 1 heterocycles. The Bertz CT molecular complexity index is 1810. The van der Waals surface area contributed by atoms with Gasteiger partial charge < -0.3 is 4.57 Å². The lowest BCUT2D eigenvalue weighted by molar-refractivity contribution is 1.01. The minimum Gasteiger partial charge on any atom is -0.309 e. The van der Waals surface area contributed by atoms with Crippen molar-refractivity contribution in [2.24, 2.45) is 0 Å². The zero-order valence-electron chi connectivity index (χ0n) is 22.4. The van der Waals surface area contributed by atoms with E-state index < -0.39 is 10.0 Å². The molecule has 1 atom stereocenters. The van der Waals surface area contributed by atoms with E-state index >= 15 is 0 Å². The van der Waals surface area contributed by atoms with Crippen LogP contribution in [-0.4, -0.2) is 4.57 Å². The van der Waals surface area contributed by atoms with Gasteiger partial charge in [0.15, 0.2) is 0 Å². The Kier molecular flexibility index (Phi) is 6.14. The molecule has 0 radical (unpaired) electrons. The molecule has 39 heavy (non-hydrogen) atoms. The van der Waals surface area contributed by atoms with Gasteiger partial charge in [0, 0.05) is 26.3 Å². The van der Waals surface area contributed by atoms with E-state index in [1.54, 1.807) is 4.91 Å². The zero-order valence-corrected chi connectivity index (χ0v) is 23.2. The molecule has 2 aliphatic carbocycles. The van der Waals surface area contributed by atoms with Gasteiger partial charge in [-0.15, -0.1) is 10.0 Å². The summed E-state index contributed by atoms with van der Waals surface area (Å²) in [4.78, 5) is 5.94. The summed E-state index contributed by atoms with van der Waals surface area (Å²) < 4.78 is 2.42. The average Bonchev–Trinajstić information content (AvgIpc) is 3.34. The standard InChI is InChI=1S/C37H33NS/c1-28-15-11-14-24-37(28)39(30-18-7-3-8-19-30,31-20-9-4-10-21-31)32-25-26-36-34(27-32)33-22-12-13-23-35(33)38(36)29-16-5-2-6-17-29/h2-3,5-7,9,11-18,20-27H,4,8,10,19H2,1H3. The topological polar surface area (TPSA) is 4.93 Å². The molecule has 1 aromatic heterocycles. The van der Waals surface area contributed by atoms with Crippen LogP contribution < -0.4 is 0 Å². The molecule has 0 N–H and O–H groups in total. The smallest absolute Gasteiger partial charge is 0.0541 e.